The van der Waals surface area contributed by atoms with Crippen LogP contribution in [0.1, 0.15) is 22.3 Å². The number of aryl methyl sites for hydroxylation is 4. The molecule has 3 aromatic rings. The molecule has 0 radical (unpaired) electrons. The van der Waals surface area contributed by atoms with Crippen molar-refractivity contribution in [3.63, 3.8) is 0 Å². The molecule has 0 aliphatic rings. The van der Waals surface area contributed by atoms with Crippen LogP contribution < -0.4 is 13.6 Å². The van der Waals surface area contributed by atoms with Crippen LogP contribution in [0.3, 0.4) is 0 Å². The first-order valence-corrected chi connectivity index (χ1v) is 10.3. The molecule has 0 unspecified atom stereocenters. The molecule has 1 N–H and O–H groups in total. The maximum absolute atomic E-state index is 13.7. The van der Waals surface area contributed by atoms with Crippen LogP contribution >= 0.6 is 7.82 Å². The highest BCUT2D eigenvalue weighted by molar-refractivity contribution is 7.49. The average molecular weight is 398 g/mol. The second-order valence-corrected chi connectivity index (χ2v) is 8.10. The minimum atomic E-state index is -4.12. The minimum Gasteiger partial charge on any atom is -0.508 e. The van der Waals surface area contributed by atoms with E-state index in [1.165, 1.54) is 12.1 Å². The summed E-state index contributed by atoms with van der Waals surface area (Å²) >= 11 is 0. The molecule has 0 atom stereocenters. The summed E-state index contributed by atoms with van der Waals surface area (Å²) in [6.45, 7) is 7.44. The Hall–Kier alpha value is -2.91. The van der Waals surface area contributed by atoms with Crippen molar-refractivity contribution in [1.82, 2.24) is 0 Å². The lowest BCUT2D eigenvalue weighted by molar-refractivity contribution is 0.295. The van der Waals surface area contributed by atoms with E-state index in [-0.39, 0.29) is 11.5 Å². The summed E-state index contributed by atoms with van der Waals surface area (Å²) < 4.78 is 31.1. The fraction of sp³-hybridized carbons (Fsp3) is 0.182. The van der Waals surface area contributed by atoms with Crippen LogP contribution in [0.4, 0.5) is 0 Å². The topological polar surface area (TPSA) is 65.0 Å². The van der Waals surface area contributed by atoms with Gasteiger partial charge in [0.05, 0.1) is 0 Å². The van der Waals surface area contributed by atoms with Gasteiger partial charge in [-0.15, -0.1) is 0 Å². The highest BCUT2D eigenvalue weighted by Gasteiger charge is 2.35. The van der Waals surface area contributed by atoms with Crippen molar-refractivity contribution >= 4 is 7.82 Å². The summed E-state index contributed by atoms with van der Waals surface area (Å²) in [6.07, 6.45) is 0. The Kier molecular flexibility index (Phi) is 5.66. The lowest BCUT2D eigenvalue weighted by Gasteiger charge is -2.23. The zero-order valence-corrected chi connectivity index (χ0v) is 17.2. The van der Waals surface area contributed by atoms with E-state index in [1.807, 2.05) is 64.1 Å². The Morgan fingerprint density at radius 2 is 1.11 bits per heavy atom. The first-order valence-electron chi connectivity index (χ1n) is 8.88. The maximum Gasteiger partial charge on any atom is 0.647 e. The summed E-state index contributed by atoms with van der Waals surface area (Å²) in [7, 11) is -4.12. The highest BCUT2D eigenvalue weighted by atomic mass is 31.2. The van der Waals surface area contributed by atoms with E-state index >= 15 is 0 Å². The van der Waals surface area contributed by atoms with E-state index in [0.29, 0.717) is 11.5 Å². The van der Waals surface area contributed by atoms with Crippen molar-refractivity contribution in [2.24, 2.45) is 0 Å². The van der Waals surface area contributed by atoms with E-state index in [4.69, 9.17) is 13.6 Å². The Bertz CT molecular complexity index is 947. The molecular formula is C22H23O5P. The van der Waals surface area contributed by atoms with E-state index in [1.54, 1.807) is 12.1 Å². The van der Waals surface area contributed by atoms with Gasteiger partial charge in [0.1, 0.15) is 23.0 Å². The van der Waals surface area contributed by atoms with Crippen molar-refractivity contribution < 1.29 is 23.2 Å². The SMILES string of the molecule is Cc1cccc(C)c1OP(=O)(Oc1cccc(O)c1)Oc1c(C)cccc1C. The number of para-hydroxylation sites is 2. The Labute approximate surface area is 165 Å². The molecule has 0 aliphatic heterocycles. The van der Waals surface area contributed by atoms with E-state index in [9.17, 15) is 9.67 Å². The second-order valence-electron chi connectivity index (χ2n) is 6.66. The van der Waals surface area contributed by atoms with Gasteiger partial charge in [-0.05, 0) is 62.1 Å². The van der Waals surface area contributed by atoms with Gasteiger partial charge in [0, 0.05) is 6.07 Å². The standard InChI is InChI=1S/C22H23O5P/c1-15-8-5-9-16(2)21(15)26-28(24,25-20-13-7-12-19(23)14-20)27-22-17(3)10-6-11-18(22)4/h5-14,23H,1-4H3. The van der Waals surface area contributed by atoms with E-state index < -0.39 is 7.82 Å². The van der Waals surface area contributed by atoms with Gasteiger partial charge < -0.3 is 18.7 Å². The predicted molar refractivity (Wildman–Crippen MR) is 109 cm³/mol. The van der Waals surface area contributed by atoms with Crippen molar-refractivity contribution in [3.05, 3.63) is 82.9 Å². The summed E-state index contributed by atoms with van der Waals surface area (Å²) in [5.41, 5.74) is 3.24. The molecule has 6 heteroatoms. The van der Waals surface area contributed by atoms with Gasteiger partial charge in [0.15, 0.2) is 0 Å². The molecule has 0 amide bonds. The first-order chi connectivity index (χ1) is 13.3. The van der Waals surface area contributed by atoms with Gasteiger partial charge in [-0.2, -0.15) is 4.57 Å². The zero-order valence-electron chi connectivity index (χ0n) is 16.3. The number of aromatic hydroxyl groups is 1. The molecule has 0 aromatic heterocycles. The number of hydrogen-bond acceptors (Lipinski definition) is 5. The monoisotopic (exact) mass is 398 g/mol. The number of rotatable bonds is 6. The van der Waals surface area contributed by atoms with Gasteiger partial charge >= 0.3 is 7.82 Å². The van der Waals surface area contributed by atoms with Crippen LogP contribution in [0.25, 0.3) is 0 Å². The summed E-state index contributed by atoms with van der Waals surface area (Å²) in [4.78, 5) is 0. The number of phenolic OH excluding ortho intramolecular Hbond substituents is 1. The third-order valence-electron chi connectivity index (χ3n) is 4.26. The molecule has 146 valence electrons. The molecule has 0 spiro atoms. The lowest BCUT2D eigenvalue weighted by atomic mass is 10.1. The summed E-state index contributed by atoms with van der Waals surface area (Å²) in [5, 5.41) is 9.71. The molecule has 0 fully saturated rings. The molecule has 0 saturated carbocycles. The van der Waals surface area contributed by atoms with Crippen LogP contribution in [0, 0.1) is 27.7 Å². The van der Waals surface area contributed by atoms with Gasteiger partial charge in [-0.25, -0.2) is 0 Å². The molecule has 0 aliphatic carbocycles. The van der Waals surface area contributed by atoms with Gasteiger partial charge in [-0.3, -0.25) is 0 Å². The number of phosphoric ester groups is 1. The van der Waals surface area contributed by atoms with Crippen molar-refractivity contribution in [3.8, 4) is 23.0 Å². The molecule has 0 heterocycles. The zero-order chi connectivity index (χ0) is 20.3. The van der Waals surface area contributed by atoms with Gasteiger partial charge in [0.2, 0.25) is 0 Å². The Balaban J connectivity index is 2.03. The quantitative estimate of drug-likeness (QED) is 0.496. The summed E-state index contributed by atoms with van der Waals surface area (Å²) in [6, 6.07) is 17.3. The third-order valence-corrected chi connectivity index (χ3v) is 5.51. The molecule has 3 aromatic carbocycles. The Morgan fingerprint density at radius 1 is 0.679 bits per heavy atom. The molecular weight excluding hydrogens is 375 g/mol. The van der Waals surface area contributed by atoms with Crippen LogP contribution in [-0.2, 0) is 4.57 Å². The molecule has 0 bridgehead atoms. The predicted octanol–water partition coefficient (Wildman–Crippen LogP) is 6.27. The number of hydrogen-bond donors (Lipinski definition) is 1. The van der Waals surface area contributed by atoms with Gasteiger partial charge in [0.25, 0.3) is 0 Å². The van der Waals surface area contributed by atoms with Crippen LogP contribution in [0.5, 0.6) is 23.0 Å². The average Bonchev–Trinajstić information content (AvgIpc) is 2.62. The largest absolute Gasteiger partial charge is 0.647 e. The van der Waals surface area contributed by atoms with Crippen molar-refractivity contribution in [2.45, 2.75) is 27.7 Å². The van der Waals surface area contributed by atoms with E-state index in [2.05, 4.69) is 0 Å². The summed E-state index contributed by atoms with van der Waals surface area (Å²) in [5.74, 6) is 1.05. The third kappa shape index (κ3) is 4.49. The van der Waals surface area contributed by atoms with Crippen LogP contribution in [-0.4, -0.2) is 5.11 Å². The normalized spacial score (nSPS) is 11.1. The fourth-order valence-corrected chi connectivity index (χ4v) is 4.34. The van der Waals surface area contributed by atoms with E-state index in [0.717, 1.165) is 22.3 Å². The second kappa shape index (κ2) is 7.99. The van der Waals surface area contributed by atoms with Crippen molar-refractivity contribution in [1.29, 1.82) is 0 Å². The Morgan fingerprint density at radius 3 is 1.54 bits per heavy atom. The number of phenols is 1. The smallest absolute Gasteiger partial charge is 0.508 e. The van der Waals surface area contributed by atoms with Crippen LogP contribution in [0.2, 0.25) is 0 Å². The van der Waals surface area contributed by atoms with Crippen molar-refractivity contribution in [2.75, 3.05) is 0 Å². The molecule has 3 rings (SSSR count). The maximum atomic E-state index is 13.7. The molecule has 28 heavy (non-hydrogen) atoms. The number of phosphoric acid groups is 1. The molecule has 0 saturated heterocycles. The number of benzene rings is 3. The van der Waals surface area contributed by atoms with Gasteiger partial charge in [-0.1, -0.05) is 42.5 Å². The highest BCUT2D eigenvalue weighted by Crippen LogP contribution is 2.52. The fourth-order valence-electron chi connectivity index (χ4n) is 2.84. The molecule has 5 nitrogen and oxygen atoms in total. The van der Waals surface area contributed by atoms with Crippen LogP contribution in [0.15, 0.2) is 60.7 Å². The minimum absolute atomic E-state index is 0.0109. The first kappa shape index (κ1) is 19.8. The lowest BCUT2D eigenvalue weighted by Crippen LogP contribution is -2.10.